The summed E-state index contributed by atoms with van der Waals surface area (Å²) in [4.78, 5) is 9.25. The van der Waals surface area contributed by atoms with Gasteiger partial charge >= 0.3 is 0 Å². The van der Waals surface area contributed by atoms with Crippen LogP contribution in [-0.4, -0.2) is 23.6 Å². The molecular weight excluding hydrogens is 224 g/mol. The molecular formula is C14H26N4. The van der Waals surface area contributed by atoms with E-state index in [1.54, 1.807) is 0 Å². The Bertz CT molecular complexity index is 405. The summed E-state index contributed by atoms with van der Waals surface area (Å²) >= 11 is 0. The standard InChI is InChI=1S/C14H26N4/c1-9(2)8-16-12-10(3)11(15-7)17-13(18-12)14(4,5)6/h9H,8H2,1-7H3,(H2,15,16,17,18). The summed E-state index contributed by atoms with van der Waals surface area (Å²) in [6, 6.07) is 0. The molecule has 2 N–H and O–H groups in total. The highest BCUT2D eigenvalue weighted by atomic mass is 15.1. The summed E-state index contributed by atoms with van der Waals surface area (Å²) in [7, 11) is 1.90. The molecule has 0 saturated carbocycles. The minimum absolute atomic E-state index is 0.0481. The van der Waals surface area contributed by atoms with E-state index in [0.29, 0.717) is 5.92 Å². The van der Waals surface area contributed by atoms with Crippen molar-refractivity contribution in [2.24, 2.45) is 5.92 Å². The Labute approximate surface area is 111 Å². The fourth-order valence-corrected chi connectivity index (χ4v) is 1.57. The van der Waals surface area contributed by atoms with Crippen LogP contribution in [0.4, 0.5) is 11.6 Å². The molecule has 102 valence electrons. The van der Waals surface area contributed by atoms with Crippen molar-refractivity contribution in [3.8, 4) is 0 Å². The molecule has 1 heterocycles. The number of aromatic nitrogens is 2. The number of hydrogen-bond donors (Lipinski definition) is 2. The first-order valence-corrected chi connectivity index (χ1v) is 6.56. The van der Waals surface area contributed by atoms with E-state index in [-0.39, 0.29) is 5.41 Å². The molecule has 0 aliphatic carbocycles. The summed E-state index contributed by atoms with van der Waals surface area (Å²) in [5, 5.41) is 6.55. The molecule has 0 radical (unpaired) electrons. The zero-order chi connectivity index (χ0) is 13.9. The second kappa shape index (κ2) is 5.55. The fraction of sp³-hybridized carbons (Fsp3) is 0.714. The van der Waals surface area contributed by atoms with E-state index in [4.69, 9.17) is 0 Å². The van der Waals surface area contributed by atoms with Gasteiger partial charge in [-0.25, -0.2) is 9.97 Å². The van der Waals surface area contributed by atoms with Crippen LogP contribution in [-0.2, 0) is 5.41 Å². The highest BCUT2D eigenvalue weighted by molar-refractivity contribution is 5.57. The smallest absolute Gasteiger partial charge is 0.138 e. The van der Waals surface area contributed by atoms with Gasteiger partial charge in [-0.1, -0.05) is 34.6 Å². The Hall–Kier alpha value is -1.32. The molecule has 18 heavy (non-hydrogen) atoms. The maximum absolute atomic E-state index is 4.66. The van der Waals surface area contributed by atoms with Crippen LogP contribution >= 0.6 is 0 Å². The van der Waals surface area contributed by atoms with Crippen molar-refractivity contribution in [1.29, 1.82) is 0 Å². The van der Waals surface area contributed by atoms with Crippen LogP contribution in [0.2, 0.25) is 0 Å². The van der Waals surface area contributed by atoms with Crippen LogP contribution in [0.1, 0.15) is 46.0 Å². The first-order valence-electron chi connectivity index (χ1n) is 6.56. The molecule has 0 fully saturated rings. The molecule has 4 heteroatoms. The van der Waals surface area contributed by atoms with E-state index < -0.39 is 0 Å². The van der Waals surface area contributed by atoms with Crippen LogP contribution in [0.5, 0.6) is 0 Å². The lowest BCUT2D eigenvalue weighted by Crippen LogP contribution is -2.20. The molecule has 0 aliphatic rings. The zero-order valence-electron chi connectivity index (χ0n) is 12.7. The largest absolute Gasteiger partial charge is 0.373 e. The molecule has 0 atom stereocenters. The van der Waals surface area contributed by atoms with Crippen molar-refractivity contribution in [3.05, 3.63) is 11.4 Å². The molecule has 0 saturated heterocycles. The number of hydrogen-bond acceptors (Lipinski definition) is 4. The Morgan fingerprint density at radius 1 is 1.11 bits per heavy atom. The van der Waals surface area contributed by atoms with Gasteiger partial charge in [0.05, 0.1) is 0 Å². The van der Waals surface area contributed by atoms with Gasteiger partial charge in [0.25, 0.3) is 0 Å². The third-order valence-electron chi connectivity index (χ3n) is 2.73. The van der Waals surface area contributed by atoms with Gasteiger partial charge in [0, 0.05) is 24.6 Å². The molecule has 0 aliphatic heterocycles. The first kappa shape index (κ1) is 14.7. The average molecular weight is 250 g/mol. The van der Waals surface area contributed by atoms with Gasteiger partial charge in [-0.3, -0.25) is 0 Å². The third kappa shape index (κ3) is 3.59. The van der Waals surface area contributed by atoms with E-state index >= 15 is 0 Å². The first-order chi connectivity index (χ1) is 8.25. The molecule has 0 spiro atoms. The van der Waals surface area contributed by atoms with Crippen molar-refractivity contribution >= 4 is 11.6 Å². The maximum Gasteiger partial charge on any atom is 0.138 e. The molecule has 4 nitrogen and oxygen atoms in total. The van der Waals surface area contributed by atoms with Crippen molar-refractivity contribution in [2.75, 3.05) is 24.2 Å². The Balaban J connectivity index is 3.15. The fourth-order valence-electron chi connectivity index (χ4n) is 1.57. The average Bonchev–Trinajstić information content (AvgIpc) is 2.26. The van der Waals surface area contributed by atoms with Gasteiger partial charge in [-0.15, -0.1) is 0 Å². The van der Waals surface area contributed by atoms with Crippen LogP contribution in [0.25, 0.3) is 0 Å². The lowest BCUT2D eigenvalue weighted by Gasteiger charge is -2.21. The van der Waals surface area contributed by atoms with E-state index in [0.717, 1.165) is 29.6 Å². The maximum atomic E-state index is 4.66. The van der Waals surface area contributed by atoms with E-state index in [1.165, 1.54) is 0 Å². The Kier molecular flexibility index (Phi) is 4.54. The van der Waals surface area contributed by atoms with Crippen LogP contribution in [0.15, 0.2) is 0 Å². The number of rotatable bonds is 4. The zero-order valence-corrected chi connectivity index (χ0v) is 12.7. The quantitative estimate of drug-likeness (QED) is 0.861. The lowest BCUT2D eigenvalue weighted by atomic mass is 9.95. The normalized spacial score (nSPS) is 11.8. The molecule has 1 aromatic rings. The van der Waals surface area contributed by atoms with Gasteiger partial charge in [0.2, 0.25) is 0 Å². The summed E-state index contributed by atoms with van der Waals surface area (Å²) in [5.41, 5.74) is 1.03. The lowest BCUT2D eigenvalue weighted by molar-refractivity contribution is 0.545. The Morgan fingerprint density at radius 2 is 1.67 bits per heavy atom. The second-order valence-corrected chi connectivity index (χ2v) is 6.14. The minimum atomic E-state index is -0.0481. The highest BCUT2D eigenvalue weighted by Crippen LogP contribution is 2.26. The minimum Gasteiger partial charge on any atom is -0.373 e. The summed E-state index contributed by atoms with van der Waals surface area (Å²) in [6.45, 7) is 13.7. The van der Waals surface area contributed by atoms with Crippen LogP contribution in [0.3, 0.4) is 0 Å². The molecule has 0 unspecified atom stereocenters. The highest BCUT2D eigenvalue weighted by Gasteiger charge is 2.20. The van der Waals surface area contributed by atoms with Crippen LogP contribution in [0, 0.1) is 12.8 Å². The summed E-state index contributed by atoms with van der Waals surface area (Å²) in [6.07, 6.45) is 0. The van der Waals surface area contributed by atoms with Crippen LogP contribution < -0.4 is 10.6 Å². The number of nitrogens with zero attached hydrogens (tertiary/aromatic N) is 2. The van der Waals surface area contributed by atoms with Gasteiger partial charge in [0.15, 0.2) is 0 Å². The molecule has 0 aromatic carbocycles. The summed E-state index contributed by atoms with van der Waals surface area (Å²) in [5.74, 6) is 3.30. The van der Waals surface area contributed by atoms with Crippen molar-refractivity contribution in [3.63, 3.8) is 0 Å². The summed E-state index contributed by atoms with van der Waals surface area (Å²) < 4.78 is 0. The van der Waals surface area contributed by atoms with Gasteiger partial charge in [0.1, 0.15) is 17.5 Å². The predicted molar refractivity (Wildman–Crippen MR) is 78.3 cm³/mol. The monoisotopic (exact) mass is 250 g/mol. The molecule has 0 bridgehead atoms. The Morgan fingerprint density at radius 3 is 2.11 bits per heavy atom. The number of anilines is 2. The van der Waals surface area contributed by atoms with Gasteiger partial charge in [-0.2, -0.15) is 0 Å². The predicted octanol–water partition coefficient (Wildman–Crippen LogP) is 3.19. The number of nitrogens with one attached hydrogen (secondary N) is 2. The third-order valence-corrected chi connectivity index (χ3v) is 2.73. The van der Waals surface area contributed by atoms with E-state index in [1.807, 2.05) is 14.0 Å². The SMILES string of the molecule is CNc1nc(C(C)(C)C)nc(NCC(C)C)c1C. The molecule has 1 aromatic heterocycles. The van der Waals surface area contributed by atoms with Gasteiger partial charge < -0.3 is 10.6 Å². The van der Waals surface area contributed by atoms with E-state index in [2.05, 4.69) is 55.2 Å². The van der Waals surface area contributed by atoms with Crippen molar-refractivity contribution < 1.29 is 0 Å². The van der Waals surface area contributed by atoms with Gasteiger partial charge in [-0.05, 0) is 12.8 Å². The molecule has 1 rings (SSSR count). The second-order valence-electron chi connectivity index (χ2n) is 6.14. The van der Waals surface area contributed by atoms with Crippen molar-refractivity contribution in [1.82, 2.24) is 9.97 Å². The van der Waals surface area contributed by atoms with E-state index in [9.17, 15) is 0 Å². The van der Waals surface area contributed by atoms with Crippen molar-refractivity contribution in [2.45, 2.75) is 47.0 Å². The molecule has 0 amide bonds. The topological polar surface area (TPSA) is 49.8 Å².